The van der Waals surface area contributed by atoms with Crippen LogP contribution in [-0.4, -0.2) is 13.2 Å². The summed E-state index contributed by atoms with van der Waals surface area (Å²) in [5.41, 5.74) is 3.72. The summed E-state index contributed by atoms with van der Waals surface area (Å²) in [5, 5.41) is 4.39. The quantitative estimate of drug-likeness (QED) is 0.895. The molecule has 0 bridgehead atoms. The second-order valence-electron chi connectivity index (χ2n) is 5.34. The van der Waals surface area contributed by atoms with Crippen LogP contribution in [0.25, 0.3) is 0 Å². The van der Waals surface area contributed by atoms with E-state index < -0.39 is 0 Å². The molecule has 3 heteroatoms. The fourth-order valence-electron chi connectivity index (χ4n) is 2.94. The average molecular weight is 302 g/mol. The van der Waals surface area contributed by atoms with Crippen molar-refractivity contribution in [3.63, 3.8) is 0 Å². The summed E-state index contributed by atoms with van der Waals surface area (Å²) in [6, 6.07) is 14.7. The van der Waals surface area contributed by atoms with Crippen molar-refractivity contribution in [1.29, 1.82) is 0 Å². The van der Waals surface area contributed by atoms with Gasteiger partial charge in [0.1, 0.15) is 5.75 Å². The van der Waals surface area contributed by atoms with E-state index in [1.54, 1.807) is 0 Å². The number of likely N-dealkylation sites (N-methyl/N-ethyl adjacent to an activating group) is 1. The van der Waals surface area contributed by atoms with Crippen molar-refractivity contribution in [2.45, 2.75) is 25.8 Å². The van der Waals surface area contributed by atoms with Gasteiger partial charge in [0.25, 0.3) is 0 Å². The minimum atomic E-state index is 0.225. The summed E-state index contributed by atoms with van der Waals surface area (Å²) in [7, 11) is 0. The molecule has 0 saturated heterocycles. The van der Waals surface area contributed by atoms with Crippen LogP contribution in [0.4, 0.5) is 0 Å². The van der Waals surface area contributed by atoms with Gasteiger partial charge in [0.2, 0.25) is 0 Å². The fraction of sp³-hybridized carbons (Fsp3) is 0.333. The van der Waals surface area contributed by atoms with Crippen molar-refractivity contribution in [2.75, 3.05) is 13.2 Å². The van der Waals surface area contributed by atoms with Gasteiger partial charge in [0, 0.05) is 23.0 Å². The molecule has 0 aliphatic carbocycles. The van der Waals surface area contributed by atoms with Crippen LogP contribution in [0.1, 0.15) is 29.7 Å². The Bertz CT molecular complexity index is 626. The topological polar surface area (TPSA) is 21.3 Å². The molecule has 1 heterocycles. The highest BCUT2D eigenvalue weighted by Crippen LogP contribution is 2.35. The first-order valence-electron chi connectivity index (χ1n) is 7.51. The molecule has 110 valence electrons. The molecule has 0 saturated carbocycles. The smallest absolute Gasteiger partial charge is 0.127 e. The maximum absolute atomic E-state index is 6.31. The van der Waals surface area contributed by atoms with Crippen LogP contribution >= 0.6 is 11.6 Å². The van der Waals surface area contributed by atoms with Crippen LogP contribution < -0.4 is 10.1 Å². The molecule has 2 aromatic carbocycles. The second-order valence-corrected chi connectivity index (χ2v) is 5.75. The van der Waals surface area contributed by atoms with E-state index in [4.69, 9.17) is 16.3 Å². The van der Waals surface area contributed by atoms with Crippen LogP contribution in [0.5, 0.6) is 5.75 Å². The molecular formula is C18H20ClNO. The lowest BCUT2D eigenvalue weighted by Gasteiger charge is -2.21. The molecule has 2 aromatic rings. The Morgan fingerprint density at radius 2 is 2.05 bits per heavy atom. The van der Waals surface area contributed by atoms with Gasteiger partial charge in [-0.3, -0.25) is 0 Å². The zero-order valence-corrected chi connectivity index (χ0v) is 13.0. The van der Waals surface area contributed by atoms with Gasteiger partial charge in [-0.2, -0.15) is 0 Å². The van der Waals surface area contributed by atoms with Crippen molar-refractivity contribution in [2.24, 2.45) is 0 Å². The third-order valence-corrected chi connectivity index (χ3v) is 4.32. The summed E-state index contributed by atoms with van der Waals surface area (Å²) in [4.78, 5) is 0. The van der Waals surface area contributed by atoms with E-state index >= 15 is 0 Å². The number of nitrogens with one attached hydrogen (secondary N) is 1. The largest absolute Gasteiger partial charge is 0.493 e. The van der Waals surface area contributed by atoms with Crippen LogP contribution in [0.2, 0.25) is 5.02 Å². The van der Waals surface area contributed by atoms with Gasteiger partial charge in [0.15, 0.2) is 0 Å². The monoisotopic (exact) mass is 301 g/mol. The Hall–Kier alpha value is -1.51. The Kier molecular flexibility index (Phi) is 4.47. The molecule has 0 radical (unpaired) electrons. The third-order valence-electron chi connectivity index (χ3n) is 3.95. The van der Waals surface area contributed by atoms with Crippen LogP contribution in [0, 0.1) is 0 Å². The highest BCUT2D eigenvalue weighted by atomic mass is 35.5. The Balaban J connectivity index is 1.92. The predicted molar refractivity (Wildman–Crippen MR) is 87.2 cm³/mol. The lowest BCUT2D eigenvalue weighted by Crippen LogP contribution is -2.23. The maximum Gasteiger partial charge on any atom is 0.127 e. The minimum absolute atomic E-state index is 0.225. The van der Waals surface area contributed by atoms with Gasteiger partial charge < -0.3 is 10.1 Å². The summed E-state index contributed by atoms with van der Waals surface area (Å²) >= 11 is 6.31. The summed E-state index contributed by atoms with van der Waals surface area (Å²) < 4.78 is 5.85. The third kappa shape index (κ3) is 3.07. The molecule has 0 aromatic heterocycles. The van der Waals surface area contributed by atoms with Gasteiger partial charge in [-0.1, -0.05) is 54.9 Å². The van der Waals surface area contributed by atoms with Crippen LogP contribution in [0.15, 0.2) is 42.5 Å². The highest BCUT2D eigenvalue weighted by Gasteiger charge is 2.22. The second kappa shape index (κ2) is 6.50. The summed E-state index contributed by atoms with van der Waals surface area (Å²) in [6.07, 6.45) is 1.88. The first-order valence-corrected chi connectivity index (χ1v) is 7.88. The summed E-state index contributed by atoms with van der Waals surface area (Å²) in [5.74, 6) is 1.07. The number of hydrogen-bond acceptors (Lipinski definition) is 2. The number of ether oxygens (including phenoxy) is 1. The molecule has 1 N–H and O–H groups in total. The molecule has 3 rings (SSSR count). The Morgan fingerprint density at radius 3 is 2.86 bits per heavy atom. The molecule has 1 unspecified atom stereocenters. The van der Waals surface area contributed by atoms with Crippen molar-refractivity contribution >= 4 is 11.6 Å². The normalized spacial score (nSPS) is 14.6. The van der Waals surface area contributed by atoms with Gasteiger partial charge >= 0.3 is 0 Å². The molecule has 2 nitrogen and oxygen atoms in total. The van der Waals surface area contributed by atoms with Gasteiger partial charge in [-0.25, -0.2) is 0 Å². The molecule has 0 amide bonds. The van der Waals surface area contributed by atoms with E-state index in [1.165, 1.54) is 16.7 Å². The molecule has 21 heavy (non-hydrogen) atoms. The number of benzene rings is 2. The number of halogens is 1. The number of fused-ring (bicyclic) bond motifs is 1. The Labute approximate surface area is 131 Å². The Morgan fingerprint density at radius 1 is 1.19 bits per heavy atom. The molecular weight excluding hydrogens is 282 g/mol. The molecule has 1 aliphatic heterocycles. The van der Waals surface area contributed by atoms with Gasteiger partial charge in [-0.05, 0) is 30.2 Å². The molecule has 1 aliphatic rings. The number of rotatable bonds is 5. The lowest BCUT2D eigenvalue weighted by molar-refractivity contribution is 0.348. The van der Waals surface area contributed by atoms with Gasteiger partial charge in [0.05, 0.1) is 6.61 Å². The van der Waals surface area contributed by atoms with E-state index in [1.807, 2.05) is 18.2 Å². The zero-order valence-electron chi connectivity index (χ0n) is 12.2. The van der Waals surface area contributed by atoms with Crippen LogP contribution in [-0.2, 0) is 12.8 Å². The SMILES string of the molecule is CCNC(Cc1ccccc1Cl)c1cccc2c1OCC2. The van der Waals surface area contributed by atoms with E-state index in [0.29, 0.717) is 0 Å². The van der Waals surface area contributed by atoms with E-state index in [9.17, 15) is 0 Å². The lowest BCUT2D eigenvalue weighted by atomic mass is 9.96. The van der Waals surface area contributed by atoms with Crippen molar-refractivity contribution in [3.8, 4) is 5.75 Å². The predicted octanol–water partition coefficient (Wildman–Crippen LogP) is 4.17. The number of hydrogen-bond donors (Lipinski definition) is 1. The first kappa shape index (κ1) is 14.4. The fourth-order valence-corrected chi connectivity index (χ4v) is 3.15. The highest BCUT2D eigenvalue weighted by molar-refractivity contribution is 6.31. The number of para-hydroxylation sites is 1. The van der Waals surface area contributed by atoms with E-state index in [-0.39, 0.29) is 6.04 Å². The van der Waals surface area contributed by atoms with Crippen molar-refractivity contribution in [3.05, 3.63) is 64.2 Å². The molecule has 1 atom stereocenters. The van der Waals surface area contributed by atoms with Crippen LogP contribution in [0.3, 0.4) is 0 Å². The van der Waals surface area contributed by atoms with Crippen molar-refractivity contribution < 1.29 is 4.74 Å². The average Bonchev–Trinajstić information content (AvgIpc) is 2.97. The van der Waals surface area contributed by atoms with E-state index in [2.05, 4.69) is 36.5 Å². The standard InChI is InChI=1S/C18H20ClNO/c1-2-20-17(12-14-6-3-4-9-16(14)19)15-8-5-7-13-10-11-21-18(13)15/h3-9,17,20H,2,10-12H2,1H3. The molecule has 0 spiro atoms. The zero-order chi connectivity index (χ0) is 14.7. The summed E-state index contributed by atoms with van der Waals surface area (Å²) in [6.45, 7) is 3.83. The van der Waals surface area contributed by atoms with E-state index in [0.717, 1.165) is 36.8 Å². The minimum Gasteiger partial charge on any atom is -0.493 e. The first-order chi connectivity index (χ1) is 10.3. The van der Waals surface area contributed by atoms with Gasteiger partial charge in [-0.15, -0.1) is 0 Å². The maximum atomic E-state index is 6.31. The van der Waals surface area contributed by atoms with Crippen molar-refractivity contribution in [1.82, 2.24) is 5.32 Å². The molecule has 0 fully saturated rings.